The van der Waals surface area contributed by atoms with Gasteiger partial charge in [-0.05, 0) is 0 Å². The van der Waals surface area contributed by atoms with E-state index in [1.165, 1.54) is 0 Å². The molecule has 0 aliphatic carbocycles. The molecule has 0 amide bonds. The summed E-state index contributed by atoms with van der Waals surface area (Å²) >= 11 is 0. The van der Waals surface area contributed by atoms with Crippen molar-refractivity contribution in [1.82, 2.24) is 16.0 Å². The molecule has 6 nitrogen and oxygen atoms in total. The maximum absolute atomic E-state index is 8.50. The molecule has 0 unspecified atom stereocenters. The molecule has 1 rings (SSSR count). The Balaban J connectivity index is 2.63. The Morgan fingerprint density at radius 3 is 1.08 bits per heavy atom. The lowest BCUT2D eigenvalue weighted by Gasteiger charge is -2.28. The monoisotopic (exact) mass is 162 g/mol. The van der Waals surface area contributed by atoms with Gasteiger partial charge in [-0.1, -0.05) is 0 Å². The summed E-state index contributed by atoms with van der Waals surface area (Å²) in [6.45, 7) is 0. The zero-order valence-electron chi connectivity index (χ0n) is 6.07. The second-order valence-electron chi connectivity index (χ2n) is 2.19. The molecular formula is C6H6N6. The lowest BCUT2D eigenvalue weighted by atomic mass is 10.3. The lowest BCUT2D eigenvalue weighted by Crippen LogP contribution is -2.65. The van der Waals surface area contributed by atoms with Crippen LogP contribution < -0.4 is 16.0 Å². The van der Waals surface area contributed by atoms with Crippen molar-refractivity contribution in [3.05, 3.63) is 0 Å². The van der Waals surface area contributed by atoms with Gasteiger partial charge in [0.2, 0.25) is 0 Å². The fraction of sp³-hybridized carbons (Fsp3) is 0.500. The lowest BCUT2D eigenvalue weighted by molar-refractivity contribution is 0.300. The molecule has 0 atom stereocenters. The quantitative estimate of drug-likeness (QED) is 0.392. The molecule has 0 spiro atoms. The first-order chi connectivity index (χ1) is 5.80. The summed E-state index contributed by atoms with van der Waals surface area (Å²) in [7, 11) is 0. The molecule has 0 bridgehead atoms. The molecule has 1 aliphatic heterocycles. The molecule has 0 aromatic rings. The fourth-order valence-corrected chi connectivity index (χ4v) is 0.868. The van der Waals surface area contributed by atoms with E-state index in [1.54, 1.807) is 0 Å². The number of nitrogens with zero attached hydrogens (tertiary/aromatic N) is 3. The maximum atomic E-state index is 8.50. The smallest absolute Gasteiger partial charge is 0.151 e. The molecule has 60 valence electrons. The highest BCUT2D eigenvalue weighted by Crippen LogP contribution is 1.91. The molecule has 1 saturated heterocycles. The van der Waals surface area contributed by atoms with Crippen LogP contribution in [0, 0.1) is 34.0 Å². The van der Waals surface area contributed by atoms with E-state index in [4.69, 9.17) is 15.8 Å². The number of hydrogen-bond donors (Lipinski definition) is 3. The molecule has 0 saturated carbocycles. The summed E-state index contributed by atoms with van der Waals surface area (Å²) in [6, 6.07) is 5.60. The number of nitriles is 3. The SMILES string of the molecule is N#CC1NC(C#N)NC(C#N)N1. The summed E-state index contributed by atoms with van der Waals surface area (Å²) in [4.78, 5) is 0. The first-order valence-electron chi connectivity index (χ1n) is 3.27. The average molecular weight is 162 g/mol. The van der Waals surface area contributed by atoms with Crippen molar-refractivity contribution in [3.63, 3.8) is 0 Å². The van der Waals surface area contributed by atoms with Crippen molar-refractivity contribution in [2.75, 3.05) is 0 Å². The second-order valence-corrected chi connectivity index (χ2v) is 2.19. The van der Waals surface area contributed by atoms with Crippen molar-refractivity contribution < 1.29 is 0 Å². The van der Waals surface area contributed by atoms with Crippen LogP contribution in [0.25, 0.3) is 0 Å². The molecule has 3 N–H and O–H groups in total. The first kappa shape index (κ1) is 8.45. The third-order valence-electron chi connectivity index (χ3n) is 1.39. The Labute approximate surface area is 69.4 Å². The highest BCUT2D eigenvalue weighted by atomic mass is 15.3. The van der Waals surface area contributed by atoms with Crippen LogP contribution in [0.1, 0.15) is 0 Å². The highest BCUT2D eigenvalue weighted by Gasteiger charge is 2.25. The van der Waals surface area contributed by atoms with Crippen molar-refractivity contribution in [2.24, 2.45) is 0 Å². The van der Waals surface area contributed by atoms with Gasteiger partial charge in [0.1, 0.15) is 0 Å². The van der Waals surface area contributed by atoms with Crippen LogP contribution in [0.5, 0.6) is 0 Å². The van der Waals surface area contributed by atoms with Gasteiger partial charge in [-0.25, -0.2) is 0 Å². The van der Waals surface area contributed by atoms with E-state index in [9.17, 15) is 0 Å². The van der Waals surface area contributed by atoms with Crippen LogP contribution in [-0.2, 0) is 0 Å². The van der Waals surface area contributed by atoms with Crippen molar-refractivity contribution in [3.8, 4) is 18.2 Å². The average Bonchev–Trinajstić information content (AvgIpc) is 2.16. The number of rotatable bonds is 0. The van der Waals surface area contributed by atoms with Crippen LogP contribution in [0.2, 0.25) is 0 Å². The standard InChI is InChI=1S/C6H6N6/c7-1-4-10-5(2-8)12-6(3-9)11-4/h4-6,10-12H. The van der Waals surface area contributed by atoms with Crippen LogP contribution >= 0.6 is 0 Å². The molecule has 0 radical (unpaired) electrons. The Hall–Kier alpha value is -1.65. The van der Waals surface area contributed by atoms with Gasteiger partial charge in [0.25, 0.3) is 0 Å². The van der Waals surface area contributed by atoms with Gasteiger partial charge in [-0.2, -0.15) is 15.8 Å². The summed E-state index contributed by atoms with van der Waals surface area (Å²) in [5.74, 6) is 0. The van der Waals surface area contributed by atoms with Gasteiger partial charge in [-0.15, -0.1) is 0 Å². The minimum atomic E-state index is -0.652. The molecule has 12 heavy (non-hydrogen) atoms. The molecule has 0 aromatic carbocycles. The Bertz CT molecular complexity index is 224. The van der Waals surface area contributed by atoms with Crippen molar-refractivity contribution >= 4 is 0 Å². The van der Waals surface area contributed by atoms with Gasteiger partial charge in [0.05, 0.1) is 18.2 Å². The fourth-order valence-electron chi connectivity index (χ4n) is 0.868. The first-order valence-corrected chi connectivity index (χ1v) is 3.27. The van der Waals surface area contributed by atoms with E-state index in [1.807, 2.05) is 18.2 Å². The maximum Gasteiger partial charge on any atom is 0.151 e. The summed E-state index contributed by atoms with van der Waals surface area (Å²) in [5.41, 5.74) is 0. The van der Waals surface area contributed by atoms with Crippen LogP contribution in [0.3, 0.4) is 0 Å². The van der Waals surface area contributed by atoms with E-state index in [0.717, 1.165) is 0 Å². The highest BCUT2D eigenvalue weighted by molar-refractivity contribution is 5.06. The minimum Gasteiger partial charge on any atom is -0.262 e. The van der Waals surface area contributed by atoms with E-state index in [-0.39, 0.29) is 0 Å². The van der Waals surface area contributed by atoms with Crippen LogP contribution in [0.4, 0.5) is 0 Å². The molecule has 1 heterocycles. The normalized spacial score (nSPS) is 34.2. The molecule has 6 heteroatoms. The topological polar surface area (TPSA) is 107 Å². The second kappa shape index (κ2) is 3.66. The predicted octanol–water partition coefficient (Wildman–Crippen LogP) is -1.68. The summed E-state index contributed by atoms with van der Waals surface area (Å²) in [6.07, 6.45) is -1.96. The van der Waals surface area contributed by atoms with E-state index in [2.05, 4.69) is 16.0 Å². The Morgan fingerprint density at radius 2 is 0.917 bits per heavy atom. The Kier molecular flexibility index (Phi) is 2.57. The largest absolute Gasteiger partial charge is 0.262 e. The third kappa shape index (κ3) is 1.69. The van der Waals surface area contributed by atoms with Gasteiger partial charge in [0, 0.05) is 0 Å². The summed E-state index contributed by atoms with van der Waals surface area (Å²) < 4.78 is 0. The molecule has 1 aliphatic rings. The van der Waals surface area contributed by atoms with Gasteiger partial charge in [0.15, 0.2) is 18.5 Å². The van der Waals surface area contributed by atoms with Gasteiger partial charge >= 0.3 is 0 Å². The van der Waals surface area contributed by atoms with Crippen molar-refractivity contribution in [1.29, 1.82) is 15.8 Å². The van der Waals surface area contributed by atoms with Crippen LogP contribution in [0.15, 0.2) is 0 Å². The zero-order chi connectivity index (χ0) is 8.97. The number of hydrogen-bond acceptors (Lipinski definition) is 6. The number of nitrogens with one attached hydrogen (secondary N) is 3. The van der Waals surface area contributed by atoms with Crippen molar-refractivity contribution in [2.45, 2.75) is 18.5 Å². The predicted molar refractivity (Wildman–Crippen MR) is 37.6 cm³/mol. The van der Waals surface area contributed by atoms with Gasteiger partial charge in [-0.3, -0.25) is 16.0 Å². The molecular weight excluding hydrogens is 156 g/mol. The third-order valence-corrected chi connectivity index (χ3v) is 1.39. The summed E-state index contributed by atoms with van der Waals surface area (Å²) in [5, 5.41) is 33.4. The van der Waals surface area contributed by atoms with E-state index in [0.29, 0.717) is 0 Å². The molecule has 1 fully saturated rings. The zero-order valence-corrected chi connectivity index (χ0v) is 6.07. The van der Waals surface area contributed by atoms with E-state index < -0.39 is 18.5 Å². The van der Waals surface area contributed by atoms with Crippen LogP contribution in [-0.4, -0.2) is 18.5 Å². The minimum absolute atomic E-state index is 0.652. The Morgan fingerprint density at radius 1 is 0.667 bits per heavy atom. The van der Waals surface area contributed by atoms with E-state index >= 15 is 0 Å². The van der Waals surface area contributed by atoms with Gasteiger partial charge < -0.3 is 0 Å². The molecule has 0 aromatic heterocycles.